The van der Waals surface area contributed by atoms with E-state index in [1.807, 2.05) is 0 Å². The van der Waals surface area contributed by atoms with Gasteiger partial charge in [0, 0.05) is 13.1 Å². The minimum atomic E-state index is -4.78. The first-order chi connectivity index (χ1) is 8.46. The first-order valence-electron chi connectivity index (χ1n) is 5.32. The molecule has 0 radical (unpaired) electrons. The molecule has 1 aromatic rings. The Hall–Kier alpha value is -1.76. The third-order valence-corrected chi connectivity index (χ3v) is 2.52. The molecular formula is C11H11F3N2O2. The van der Waals surface area contributed by atoms with Crippen LogP contribution in [0, 0.1) is 5.92 Å². The van der Waals surface area contributed by atoms with Gasteiger partial charge in [-0.3, -0.25) is 4.79 Å². The zero-order valence-corrected chi connectivity index (χ0v) is 9.25. The van der Waals surface area contributed by atoms with Crippen molar-refractivity contribution in [1.82, 2.24) is 5.32 Å². The first kappa shape index (κ1) is 12.7. The second-order valence-electron chi connectivity index (χ2n) is 3.89. The highest BCUT2D eigenvalue weighted by atomic mass is 19.4. The molecule has 0 spiro atoms. The summed E-state index contributed by atoms with van der Waals surface area (Å²) >= 11 is 0. The maximum Gasteiger partial charge on any atom is 0.573 e. The van der Waals surface area contributed by atoms with Crippen LogP contribution >= 0.6 is 0 Å². The smallest absolute Gasteiger partial charge is 0.404 e. The molecule has 0 aliphatic carbocycles. The summed E-state index contributed by atoms with van der Waals surface area (Å²) < 4.78 is 40.3. The Balaban J connectivity index is 2.09. The van der Waals surface area contributed by atoms with Crippen LogP contribution in [0.2, 0.25) is 0 Å². The van der Waals surface area contributed by atoms with Crippen molar-refractivity contribution in [3.8, 4) is 5.75 Å². The van der Waals surface area contributed by atoms with Gasteiger partial charge in [-0.1, -0.05) is 12.1 Å². The van der Waals surface area contributed by atoms with Crippen molar-refractivity contribution in [2.45, 2.75) is 6.36 Å². The lowest BCUT2D eigenvalue weighted by molar-refractivity contribution is -0.274. The van der Waals surface area contributed by atoms with Gasteiger partial charge in [-0.2, -0.15) is 0 Å². The first-order valence-corrected chi connectivity index (χ1v) is 5.32. The largest absolute Gasteiger partial charge is 0.573 e. The third kappa shape index (κ3) is 3.13. The van der Waals surface area contributed by atoms with E-state index in [2.05, 4.69) is 15.4 Å². The zero-order valence-electron chi connectivity index (χ0n) is 9.25. The van der Waals surface area contributed by atoms with Crippen molar-refractivity contribution in [2.24, 2.45) is 5.92 Å². The highest BCUT2D eigenvalue weighted by molar-refractivity contribution is 5.94. The highest BCUT2D eigenvalue weighted by Crippen LogP contribution is 2.30. The molecule has 7 heteroatoms. The summed E-state index contributed by atoms with van der Waals surface area (Å²) in [6.07, 6.45) is -4.78. The summed E-state index contributed by atoms with van der Waals surface area (Å²) in [4.78, 5) is 11.6. The quantitative estimate of drug-likeness (QED) is 0.870. The molecule has 1 aliphatic rings. The zero-order chi connectivity index (χ0) is 13.2. The van der Waals surface area contributed by atoms with Gasteiger partial charge in [0.2, 0.25) is 5.91 Å². The maximum absolute atomic E-state index is 12.1. The number of anilines is 1. The third-order valence-electron chi connectivity index (χ3n) is 2.52. The molecule has 4 nitrogen and oxygen atoms in total. The van der Waals surface area contributed by atoms with Crippen LogP contribution in [0.3, 0.4) is 0 Å². The van der Waals surface area contributed by atoms with E-state index < -0.39 is 12.1 Å². The number of carbonyl (C=O) groups excluding carboxylic acids is 1. The molecule has 1 aliphatic heterocycles. The number of hydrogen-bond acceptors (Lipinski definition) is 3. The Kier molecular flexibility index (Phi) is 3.42. The Morgan fingerprint density at radius 2 is 2.00 bits per heavy atom. The molecule has 0 unspecified atom stereocenters. The fourth-order valence-electron chi connectivity index (χ4n) is 1.49. The number of rotatable bonds is 3. The SMILES string of the molecule is O=C(Nc1ccccc1OC(F)(F)F)C1CNC1. The summed E-state index contributed by atoms with van der Waals surface area (Å²) in [7, 11) is 0. The van der Waals surface area contributed by atoms with E-state index in [0.29, 0.717) is 13.1 Å². The van der Waals surface area contributed by atoms with E-state index >= 15 is 0 Å². The second-order valence-corrected chi connectivity index (χ2v) is 3.89. The fourth-order valence-corrected chi connectivity index (χ4v) is 1.49. The van der Waals surface area contributed by atoms with E-state index in [1.165, 1.54) is 18.2 Å². The van der Waals surface area contributed by atoms with E-state index in [-0.39, 0.29) is 17.5 Å². The number of carbonyl (C=O) groups is 1. The van der Waals surface area contributed by atoms with E-state index in [4.69, 9.17) is 0 Å². The van der Waals surface area contributed by atoms with Crippen molar-refractivity contribution >= 4 is 11.6 Å². The summed E-state index contributed by atoms with van der Waals surface area (Å²) in [5.41, 5.74) is 0.0201. The molecule has 1 amide bonds. The number of hydrogen-bond donors (Lipinski definition) is 2. The summed E-state index contributed by atoms with van der Waals surface area (Å²) in [5.74, 6) is -0.929. The Morgan fingerprint density at radius 3 is 2.56 bits per heavy atom. The lowest BCUT2D eigenvalue weighted by Crippen LogP contribution is -2.48. The molecule has 2 rings (SSSR count). The molecular weight excluding hydrogens is 249 g/mol. The van der Waals surface area contributed by atoms with Crippen molar-refractivity contribution in [3.05, 3.63) is 24.3 Å². The van der Waals surface area contributed by atoms with Crippen molar-refractivity contribution in [3.63, 3.8) is 0 Å². The number of ether oxygens (including phenoxy) is 1. The van der Waals surface area contributed by atoms with Gasteiger partial charge in [-0.25, -0.2) is 0 Å². The van der Waals surface area contributed by atoms with Crippen LogP contribution in [0.1, 0.15) is 0 Å². The minimum absolute atomic E-state index is 0.0201. The Bertz CT molecular complexity index is 444. The van der Waals surface area contributed by atoms with Gasteiger partial charge in [-0.15, -0.1) is 13.2 Å². The van der Waals surface area contributed by atoms with Crippen LogP contribution in [0.5, 0.6) is 5.75 Å². The van der Waals surface area contributed by atoms with Crippen LogP contribution in [-0.4, -0.2) is 25.4 Å². The molecule has 0 saturated carbocycles. The highest BCUT2D eigenvalue weighted by Gasteiger charge is 2.32. The number of halogens is 3. The monoisotopic (exact) mass is 260 g/mol. The van der Waals surface area contributed by atoms with E-state index in [0.717, 1.165) is 6.07 Å². The summed E-state index contributed by atoms with van der Waals surface area (Å²) in [5, 5.41) is 5.34. The number of alkyl halides is 3. The van der Waals surface area contributed by atoms with Gasteiger partial charge < -0.3 is 15.4 Å². The molecule has 0 aromatic heterocycles. The number of benzene rings is 1. The van der Waals surface area contributed by atoms with Gasteiger partial charge in [0.25, 0.3) is 0 Å². The number of para-hydroxylation sites is 2. The molecule has 1 heterocycles. The van der Waals surface area contributed by atoms with E-state index in [1.54, 1.807) is 0 Å². The number of nitrogens with one attached hydrogen (secondary N) is 2. The van der Waals surface area contributed by atoms with Crippen LogP contribution in [0.25, 0.3) is 0 Å². The second kappa shape index (κ2) is 4.85. The van der Waals surface area contributed by atoms with Crippen molar-refractivity contribution in [2.75, 3.05) is 18.4 Å². The standard InChI is InChI=1S/C11H11F3N2O2/c12-11(13,14)18-9-4-2-1-3-8(9)16-10(17)7-5-15-6-7/h1-4,7,15H,5-6H2,(H,16,17). The molecule has 1 fully saturated rings. The summed E-state index contributed by atoms with van der Waals surface area (Å²) in [6, 6.07) is 5.45. The van der Waals surface area contributed by atoms with Gasteiger partial charge in [-0.05, 0) is 12.1 Å². The predicted octanol–water partition coefficient (Wildman–Crippen LogP) is 1.74. The molecule has 0 bridgehead atoms. The topological polar surface area (TPSA) is 50.4 Å². The van der Waals surface area contributed by atoms with Crippen LogP contribution in [-0.2, 0) is 4.79 Å². The van der Waals surface area contributed by atoms with Crippen LogP contribution in [0.4, 0.5) is 18.9 Å². The van der Waals surface area contributed by atoms with Crippen molar-refractivity contribution < 1.29 is 22.7 Å². The lowest BCUT2D eigenvalue weighted by atomic mass is 10.0. The van der Waals surface area contributed by atoms with Crippen LogP contribution in [0.15, 0.2) is 24.3 Å². The molecule has 1 saturated heterocycles. The van der Waals surface area contributed by atoms with Crippen molar-refractivity contribution in [1.29, 1.82) is 0 Å². The normalized spacial score (nSPS) is 15.9. The lowest BCUT2D eigenvalue weighted by Gasteiger charge is -2.26. The maximum atomic E-state index is 12.1. The fraction of sp³-hybridized carbons (Fsp3) is 0.364. The van der Waals surface area contributed by atoms with Gasteiger partial charge in [0.05, 0.1) is 11.6 Å². The van der Waals surface area contributed by atoms with E-state index in [9.17, 15) is 18.0 Å². The number of amides is 1. The molecule has 18 heavy (non-hydrogen) atoms. The molecule has 1 aromatic carbocycles. The predicted molar refractivity (Wildman–Crippen MR) is 58.1 cm³/mol. The average molecular weight is 260 g/mol. The molecule has 2 N–H and O–H groups in total. The van der Waals surface area contributed by atoms with Crippen LogP contribution < -0.4 is 15.4 Å². The van der Waals surface area contributed by atoms with Gasteiger partial charge in [0.15, 0.2) is 5.75 Å². The molecule has 98 valence electrons. The minimum Gasteiger partial charge on any atom is -0.404 e. The Labute approximate surface area is 101 Å². The average Bonchev–Trinajstić information content (AvgIpc) is 2.16. The Morgan fingerprint density at radius 1 is 1.33 bits per heavy atom. The summed E-state index contributed by atoms with van der Waals surface area (Å²) in [6.45, 7) is 1.07. The molecule has 0 atom stereocenters. The van der Waals surface area contributed by atoms with Gasteiger partial charge in [0.1, 0.15) is 0 Å². The van der Waals surface area contributed by atoms with Gasteiger partial charge >= 0.3 is 6.36 Å².